The summed E-state index contributed by atoms with van der Waals surface area (Å²) in [6.07, 6.45) is 8.53. The molecule has 1 amide bonds. The molecule has 0 aliphatic carbocycles. The van der Waals surface area contributed by atoms with Crippen molar-refractivity contribution in [3.05, 3.63) is 59.5 Å². The lowest BCUT2D eigenvalue weighted by Gasteiger charge is -2.37. The van der Waals surface area contributed by atoms with Crippen molar-refractivity contribution in [1.29, 1.82) is 0 Å². The molecule has 36 heavy (non-hydrogen) atoms. The number of ether oxygens (including phenoxy) is 1. The van der Waals surface area contributed by atoms with Crippen LogP contribution in [0, 0.1) is 12.7 Å². The van der Waals surface area contributed by atoms with Crippen LogP contribution in [-0.2, 0) is 16.1 Å². The summed E-state index contributed by atoms with van der Waals surface area (Å²) in [7, 11) is 1.62. The molecule has 2 aliphatic heterocycles. The van der Waals surface area contributed by atoms with E-state index in [1.54, 1.807) is 37.0 Å². The number of hydrogen-bond acceptors (Lipinski definition) is 6. The van der Waals surface area contributed by atoms with Crippen molar-refractivity contribution in [3.8, 4) is 11.4 Å². The van der Waals surface area contributed by atoms with Crippen LogP contribution in [0.2, 0.25) is 0 Å². The highest BCUT2D eigenvalue weighted by Crippen LogP contribution is 2.24. The molecule has 1 atom stereocenters. The van der Waals surface area contributed by atoms with Crippen molar-refractivity contribution in [1.82, 2.24) is 24.6 Å². The van der Waals surface area contributed by atoms with E-state index in [9.17, 15) is 9.18 Å². The predicted octanol–water partition coefficient (Wildman–Crippen LogP) is 4.29. The number of halogens is 1. The van der Waals surface area contributed by atoms with Crippen LogP contribution < -0.4 is 0 Å². The van der Waals surface area contributed by atoms with Crippen molar-refractivity contribution in [3.63, 3.8) is 0 Å². The third-order valence-corrected chi connectivity index (χ3v) is 6.87. The number of carbonyl (C=O) groups excluding carboxylic acids is 1. The molecule has 1 aromatic carbocycles. The molecule has 2 aromatic rings. The Bertz CT molecular complexity index is 1180. The first-order chi connectivity index (χ1) is 17.4. The zero-order valence-corrected chi connectivity index (χ0v) is 21.6. The van der Waals surface area contributed by atoms with E-state index in [1.165, 1.54) is 11.8 Å². The molecule has 0 N–H and O–H groups in total. The first kappa shape index (κ1) is 25.6. The van der Waals surface area contributed by atoms with E-state index in [-0.39, 0.29) is 24.2 Å². The van der Waals surface area contributed by atoms with Crippen molar-refractivity contribution in [2.24, 2.45) is 4.99 Å². The Morgan fingerprint density at radius 3 is 2.69 bits per heavy atom. The molecule has 4 rings (SSSR count). The summed E-state index contributed by atoms with van der Waals surface area (Å²) >= 11 is 0. The molecule has 0 bridgehead atoms. The third-order valence-electron chi connectivity index (χ3n) is 6.87. The molecule has 9 heteroatoms. The molecule has 1 aromatic heterocycles. The molecule has 1 saturated heterocycles. The number of benzene rings is 1. The van der Waals surface area contributed by atoms with Crippen molar-refractivity contribution < 1.29 is 13.9 Å². The van der Waals surface area contributed by atoms with Gasteiger partial charge < -0.3 is 14.5 Å². The fraction of sp³-hybridized carbons (Fsp3) is 0.481. The minimum atomic E-state index is -0.257. The number of amides is 1. The summed E-state index contributed by atoms with van der Waals surface area (Å²) in [6, 6.07) is 4.86. The van der Waals surface area contributed by atoms with Crippen LogP contribution in [0.3, 0.4) is 0 Å². The maximum atomic E-state index is 13.8. The van der Waals surface area contributed by atoms with Crippen LogP contribution in [0.1, 0.15) is 50.4 Å². The van der Waals surface area contributed by atoms with E-state index in [4.69, 9.17) is 9.72 Å². The SMILES string of the molecule is CCC(C)c1nc(-c2ccc(F)c(C)c2)nn1CC(=O)N1CCN(C2=CC(OC)=N/C=C\CC2)CC1. The number of allylic oxidation sites excluding steroid dienone is 2. The number of methoxy groups -OCH3 is 1. The highest BCUT2D eigenvalue weighted by Gasteiger charge is 2.25. The largest absolute Gasteiger partial charge is 0.481 e. The van der Waals surface area contributed by atoms with Gasteiger partial charge in [-0.2, -0.15) is 5.10 Å². The molecule has 192 valence electrons. The first-order valence-electron chi connectivity index (χ1n) is 12.6. The van der Waals surface area contributed by atoms with Crippen LogP contribution >= 0.6 is 0 Å². The number of rotatable bonds is 6. The minimum absolute atomic E-state index is 0.0275. The smallest absolute Gasteiger partial charge is 0.244 e. The first-order valence-corrected chi connectivity index (χ1v) is 12.6. The summed E-state index contributed by atoms with van der Waals surface area (Å²) in [5, 5.41) is 4.66. The molecular weight excluding hydrogens is 459 g/mol. The Labute approximate surface area is 212 Å². The Kier molecular flexibility index (Phi) is 8.18. The quantitative estimate of drug-likeness (QED) is 0.599. The second kappa shape index (κ2) is 11.5. The number of aryl methyl sites for hydroxylation is 1. The Morgan fingerprint density at radius 1 is 1.22 bits per heavy atom. The summed E-state index contributed by atoms with van der Waals surface area (Å²) in [6.45, 7) is 8.83. The number of hydrogen-bond donors (Lipinski definition) is 0. The van der Waals surface area contributed by atoms with E-state index in [0.717, 1.165) is 43.7 Å². The van der Waals surface area contributed by atoms with Gasteiger partial charge in [0.05, 0.1) is 7.11 Å². The van der Waals surface area contributed by atoms with Gasteiger partial charge >= 0.3 is 0 Å². The Hall–Kier alpha value is -3.49. The monoisotopic (exact) mass is 494 g/mol. The Morgan fingerprint density at radius 2 is 2.00 bits per heavy atom. The van der Waals surface area contributed by atoms with Gasteiger partial charge in [-0.25, -0.2) is 19.0 Å². The van der Waals surface area contributed by atoms with Crippen molar-refractivity contribution in [2.75, 3.05) is 33.3 Å². The van der Waals surface area contributed by atoms with Gasteiger partial charge in [0.15, 0.2) is 5.82 Å². The minimum Gasteiger partial charge on any atom is -0.481 e. The maximum absolute atomic E-state index is 13.8. The van der Waals surface area contributed by atoms with Crippen LogP contribution in [-0.4, -0.2) is 69.7 Å². The summed E-state index contributed by atoms with van der Waals surface area (Å²) < 4.78 is 20.8. The molecule has 2 aliphatic rings. The summed E-state index contributed by atoms with van der Waals surface area (Å²) in [5.74, 6) is 1.81. The van der Waals surface area contributed by atoms with Gasteiger partial charge in [0.2, 0.25) is 11.8 Å². The fourth-order valence-electron chi connectivity index (χ4n) is 4.44. The number of piperazine rings is 1. The molecular formula is C27H35FN6O2. The summed E-state index contributed by atoms with van der Waals surface area (Å²) in [4.78, 5) is 26.5. The Balaban J connectivity index is 1.45. The fourth-order valence-corrected chi connectivity index (χ4v) is 4.44. The van der Waals surface area contributed by atoms with Crippen molar-refractivity contribution >= 4 is 11.8 Å². The van der Waals surface area contributed by atoms with Gasteiger partial charge in [-0.05, 0) is 49.9 Å². The molecule has 3 heterocycles. The third kappa shape index (κ3) is 5.83. The van der Waals surface area contributed by atoms with E-state index in [1.807, 2.05) is 17.1 Å². The number of nitrogens with zero attached hydrogens (tertiary/aromatic N) is 6. The molecule has 0 spiro atoms. The zero-order chi connectivity index (χ0) is 25.7. The average Bonchev–Trinajstić information content (AvgIpc) is 3.29. The number of aromatic nitrogens is 3. The maximum Gasteiger partial charge on any atom is 0.244 e. The number of carbonyl (C=O) groups is 1. The standard InChI is InChI=1S/C27H35FN6O2/c1-5-19(2)27-30-26(21-9-10-23(28)20(3)16-21)31-34(27)18-25(35)33-14-12-32(13-15-33)22-8-6-7-11-29-24(17-22)36-4/h7,9-11,16-17,19H,5-6,8,12-15,18H2,1-4H3/b11-7-,22-17?,29-24?. The molecule has 0 radical (unpaired) electrons. The second-order valence-corrected chi connectivity index (χ2v) is 9.32. The number of aliphatic imine (C=N–C) groups is 1. The van der Waals surface area contributed by atoms with Crippen LogP contribution in [0.15, 0.2) is 47.2 Å². The highest BCUT2D eigenvalue weighted by molar-refractivity contribution is 5.88. The molecule has 1 fully saturated rings. The van der Waals surface area contributed by atoms with Crippen LogP contribution in [0.5, 0.6) is 0 Å². The van der Waals surface area contributed by atoms with Gasteiger partial charge in [0, 0.05) is 55.6 Å². The van der Waals surface area contributed by atoms with E-state index < -0.39 is 0 Å². The van der Waals surface area contributed by atoms with Gasteiger partial charge in [-0.3, -0.25) is 4.79 Å². The lowest BCUT2D eigenvalue weighted by atomic mass is 10.1. The van der Waals surface area contributed by atoms with Crippen LogP contribution in [0.25, 0.3) is 11.4 Å². The van der Waals surface area contributed by atoms with Gasteiger partial charge in [-0.15, -0.1) is 0 Å². The van der Waals surface area contributed by atoms with Crippen LogP contribution in [0.4, 0.5) is 4.39 Å². The van der Waals surface area contributed by atoms with E-state index in [2.05, 4.69) is 28.8 Å². The van der Waals surface area contributed by atoms with E-state index in [0.29, 0.717) is 30.4 Å². The van der Waals surface area contributed by atoms with Gasteiger partial charge in [0.1, 0.15) is 18.2 Å². The molecule has 1 unspecified atom stereocenters. The predicted molar refractivity (Wildman–Crippen MR) is 138 cm³/mol. The highest BCUT2D eigenvalue weighted by atomic mass is 19.1. The van der Waals surface area contributed by atoms with Crippen molar-refractivity contribution in [2.45, 2.75) is 52.5 Å². The lowest BCUT2D eigenvalue weighted by Crippen LogP contribution is -2.49. The average molecular weight is 495 g/mol. The molecule has 8 nitrogen and oxygen atoms in total. The normalized spacial score (nSPS) is 18.1. The second-order valence-electron chi connectivity index (χ2n) is 9.32. The van der Waals surface area contributed by atoms with Gasteiger partial charge in [0.25, 0.3) is 0 Å². The van der Waals surface area contributed by atoms with Gasteiger partial charge in [-0.1, -0.05) is 19.9 Å². The lowest BCUT2D eigenvalue weighted by molar-refractivity contribution is -0.133. The summed E-state index contributed by atoms with van der Waals surface area (Å²) in [5.41, 5.74) is 2.48. The van der Waals surface area contributed by atoms with E-state index >= 15 is 0 Å². The molecule has 0 saturated carbocycles. The zero-order valence-electron chi connectivity index (χ0n) is 21.6. The topological polar surface area (TPSA) is 75.9 Å².